The summed E-state index contributed by atoms with van der Waals surface area (Å²) < 4.78 is 85.7. The van der Waals surface area contributed by atoms with Gasteiger partial charge in [-0.05, 0) is 29.3 Å². The summed E-state index contributed by atoms with van der Waals surface area (Å²) in [6, 6.07) is 1.07. The first-order valence-electron chi connectivity index (χ1n) is 8.33. The van der Waals surface area contributed by atoms with E-state index in [1.54, 1.807) is 0 Å². The zero-order valence-corrected chi connectivity index (χ0v) is 15.7. The molecule has 4 N–H and O–H groups in total. The Kier molecular flexibility index (Phi) is 6.18. The van der Waals surface area contributed by atoms with E-state index < -0.39 is 75.0 Å². The Morgan fingerprint density at radius 1 is 0.606 bits per heavy atom. The van der Waals surface area contributed by atoms with Gasteiger partial charge >= 0.3 is 36.2 Å². The molecule has 0 unspecified atom stereocenters. The van der Waals surface area contributed by atoms with Crippen molar-refractivity contribution in [3.8, 4) is 0 Å². The summed E-state index contributed by atoms with van der Waals surface area (Å²) in [6.07, 6.45) is -12.8. The minimum absolute atomic E-state index is 0.0376. The summed E-state index contributed by atoms with van der Waals surface area (Å²) in [5, 5.41) is 36.6. The first-order chi connectivity index (χ1) is 15.0. The van der Waals surface area contributed by atoms with Crippen LogP contribution in [0.3, 0.4) is 0 Å². The van der Waals surface area contributed by atoms with E-state index in [1.807, 2.05) is 0 Å². The molecule has 14 heteroatoms. The van der Waals surface area contributed by atoms with Gasteiger partial charge in [0.2, 0.25) is 5.41 Å². The number of alkyl halides is 6. The molecular weight excluding hydrogens is 470 g/mol. The average molecular weight is 480 g/mol. The predicted molar refractivity (Wildman–Crippen MR) is 93.6 cm³/mol. The van der Waals surface area contributed by atoms with Gasteiger partial charge in [-0.2, -0.15) is 26.3 Å². The molecule has 33 heavy (non-hydrogen) atoms. The number of halogens is 6. The van der Waals surface area contributed by atoms with Gasteiger partial charge < -0.3 is 20.4 Å². The molecule has 2 aromatic carbocycles. The second-order valence-corrected chi connectivity index (χ2v) is 6.45. The molecule has 8 nitrogen and oxygen atoms in total. The van der Waals surface area contributed by atoms with E-state index in [4.69, 9.17) is 15.3 Å². The van der Waals surface area contributed by atoms with Crippen LogP contribution in [0.25, 0.3) is 0 Å². The second kappa shape index (κ2) is 8.11. The fraction of sp³-hybridized carbons (Fsp3) is 0.158. The maximum atomic E-state index is 14.3. The first kappa shape index (κ1) is 25.2. The van der Waals surface area contributed by atoms with Gasteiger partial charge in [-0.3, -0.25) is 0 Å². The van der Waals surface area contributed by atoms with Gasteiger partial charge in [0.25, 0.3) is 0 Å². The molecule has 0 saturated heterocycles. The fourth-order valence-corrected chi connectivity index (χ4v) is 3.36. The number of rotatable bonds is 6. The lowest BCUT2D eigenvalue weighted by Gasteiger charge is -2.39. The molecule has 0 heterocycles. The second-order valence-electron chi connectivity index (χ2n) is 6.45. The van der Waals surface area contributed by atoms with Crippen molar-refractivity contribution in [3.63, 3.8) is 0 Å². The lowest BCUT2D eigenvalue weighted by molar-refractivity contribution is -0.288. The Balaban J connectivity index is 3.22. The normalized spacial score (nSPS) is 12.3. The van der Waals surface area contributed by atoms with Crippen LogP contribution in [0.2, 0.25) is 0 Å². The number of carboxylic acid groups (broad SMARTS) is 4. The highest BCUT2D eigenvalue weighted by molar-refractivity contribution is 6.04. The Bertz CT molecular complexity index is 1150. The number of hydrogen-bond acceptors (Lipinski definition) is 4. The third kappa shape index (κ3) is 3.94. The van der Waals surface area contributed by atoms with Gasteiger partial charge in [0.1, 0.15) is 0 Å². The number of benzene rings is 2. The summed E-state index contributed by atoms with van der Waals surface area (Å²) in [4.78, 5) is 45.5. The van der Waals surface area contributed by atoms with Gasteiger partial charge in [-0.1, -0.05) is 18.2 Å². The topological polar surface area (TPSA) is 149 Å². The highest BCUT2D eigenvalue weighted by Crippen LogP contribution is 2.57. The summed E-state index contributed by atoms with van der Waals surface area (Å²) in [5.41, 5.74) is -15.0. The Labute approximate surface area is 178 Å². The van der Waals surface area contributed by atoms with Crippen molar-refractivity contribution in [2.45, 2.75) is 17.8 Å². The van der Waals surface area contributed by atoms with Crippen LogP contribution >= 0.6 is 0 Å². The summed E-state index contributed by atoms with van der Waals surface area (Å²) >= 11 is 0. The van der Waals surface area contributed by atoms with Crippen molar-refractivity contribution in [2.24, 2.45) is 0 Å². The van der Waals surface area contributed by atoms with Gasteiger partial charge in [0.05, 0.1) is 22.3 Å². The molecule has 0 radical (unpaired) electrons. The van der Waals surface area contributed by atoms with Gasteiger partial charge in [0, 0.05) is 0 Å². The molecule has 0 aliphatic rings. The molecule has 2 aromatic rings. The summed E-state index contributed by atoms with van der Waals surface area (Å²) in [5.74, 6) is -8.71. The highest BCUT2D eigenvalue weighted by atomic mass is 19.4. The standard InChI is InChI=1S/C19H10F6O8/c20-18(21,22)17(19(23,24)25,7-4-5-8(13(26)27)10(6-7)15(30)31)11-3-1-2-9(14(28)29)12(11)16(32)33/h1-6H,(H,26,27)(H,28,29)(H,30,31)(H,32,33). The SMILES string of the molecule is O=C(O)c1ccc(C(c2cccc(C(=O)O)c2C(=O)O)(C(F)(F)F)C(F)(F)F)cc1C(=O)O. The van der Waals surface area contributed by atoms with Crippen LogP contribution in [-0.2, 0) is 5.41 Å². The average Bonchev–Trinajstić information content (AvgIpc) is 2.65. The van der Waals surface area contributed by atoms with Crippen molar-refractivity contribution in [1.29, 1.82) is 0 Å². The number of hydrogen-bond donors (Lipinski definition) is 4. The largest absolute Gasteiger partial charge is 0.478 e. The maximum absolute atomic E-state index is 14.3. The van der Waals surface area contributed by atoms with Crippen LogP contribution in [0.4, 0.5) is 26.3 Å². The number of carbonyl (C=O) groups is 4. The minimum Gasteiger partial charge on any atom is -0.478 e. The molecule has 176 valence electrons. The lowest BCUT2D eigenvalue weighted by Crippen LogP contribution is -2.55. The zero-order chi connectivity index (χ0) is 25.5. The quantitative estimate of drug-likeness (QED) is 0.455. The van der Waals surface area contributed by atoms with E-state index in [1.165, 1.54) is 0 Å². The molecule has 0 aliphatic heterocycles. The van der Waals surface area contributed by atoms with Crippen molar-refractivity contribution in [1.82, 2.24) is 0 Å². The molecule has 0 bridgehead atoms. The fourth-order valence-electron chi connectivity index (χ4n) is 3.36. The van der Waals surface area contributed by atoms with E-state index in [9.17, 15) is 50.6 Å². The Hall–Kier alpha value is -4.10. The van der Waals surface area contributed by atoms with Gasteiger partial charge in [-0.25, -0.2) is 19.2 Å². The van der Waals surface area contributed by atoms with Crippen molar-refractivity contribution in [2.75, 3.05) is 0 Å². The smallest absolute Gasteiger partial charge is 0.411 e. The van der Waals surface area contributed by atoms with Crippen molar-refractivity contribution in [3.05, 3.63) is 69.8 Å². The van der Waals surface area contributed by atoms with Crippen LogP contribution in [-0.4, -0.2) is 56.7 Å². The summed E-state index contributed by atoms with van der Waals surface area (Å²) in [6.45, 7) is 0. The van der Waals surface area contributed by atoms with E-state index in [2.05, 4.69) is 0 Å². The molecule has 0 spiro atoms. The van der Waals surface area contributed by atoms with E-state index in [-0.39, 0.29) is 24.3 Å². The van der Waals surface area contributed by atoms with Crippen LogP contribution in [0.1, 0.15) is 52.6 Å². The first-order valence-corrected chi connectivity index (χ1v) is 8.33. The zero-order valence-electron chi connectivity index (χ0n) is 15.7. The Morgan fingerprint density at radius 3 is 1.48 bits per heavy atom. The van der Waals surface area contributed by atoms with E-state index in [0.29, 0.717) is 12.1 Å². The summed E-state index contributed by atoms with van der Waals surface area (Å²) in [7, 11) is 0. The molecule has 2 rings (SSSR count). The molecule has 0 fully saturated rings. The lowest BCUT2D eigenvalue weighted by atomic mass is 9.70. The highest BCUT2D eigenvalue weighted by Gasteiger charge is 2.73. The Morgan fingerprint density at radius 2 is 1.09 bits per heavy atom. The van der Waals surface area contributed by atoms with Crippen molar-refractivity contribution < 1.29 is 65.9 Å². The molecule has 0 aromatic heterocycles. The number of aromatic carboxylic acids is 4. The molecule has 0 amide bonds. The maximum Gasteiger partial charge on any atom is 0.411 e. The molecule has 0 atom stereocenters. The molecule has 0 saturated carbocycles. The molecule has 0 aliphatic carbocycles. The third-order valence-electron chi connectivity index (χ3n) is 4.68. The van der Waals surface area contributed by atoms with E-state index in [0.717, 1.165) is 0 Å². The third-order valence-corrected chi connectivity index (χ3v) is 4.68. The monoisotopic (exact) mass is 480 g/mol. The number of carboxylic acids is 4. The van der Waals surface area contributed by atoms with Crippen LogP contribution in [0.15, 0.2) is 36.4 Å². The van der Waals surface area contributed by atoms with Crippen LogP contribution in [0, 0.1) is 0 Å². The van der Waals surface area contributed by atoms with Gasteiger partial charge in [-0.15, -0.1) is 0 Å². The van der Waals surface area contributed by atoms with Crippen LogP contribution < -0.4 is 0 Å². The van der Waals surface area contributed by atoms with E-state index >= 15 is 0 Å². The van der Waals surface area contributed by atoms with Gasteiger partial charge in [0.15, 0.2) is 0 Å². The molecular formula is C19H10F6O8. The minimum atomic E-state index is -6.40. The van der Waals surface area contributed by atoms with Crippen molar-refractivity contribution >= 4 is 23.9 Å². The van der Waals surface area contributed by atoms with Crippen LogP contribution in [0.5, 0.6) is 0 Å². The predicted octanol–water partition coefficient (Wildman–Crippen LogP) is 3.89.